The van der Waals surface area contributed by atoms with E-state index in [-0.39, 0.29) is 0 Å². The van der Waals surface area contributed by atoms with Crippen LogP contribution in [0.2, 0.25) is 10.0 Å². The lowest BCUT2D eigenvalue weighted by molar-refractivity contribution is 0.417. The summed E-state index contributed by atoms with van der Waals surface area (Å²) in [4.78, 5) is 0. The number of thiocarbonyl (C=S) groups is 1. The third kappa shape index (κ3) is 5.13. The number of rotatable bonds is 5. The van der Waals surface area contributed by atoms with E-state index in [1.807, 2.05) is 43.5 Å². The van der Waals surface area contributed by atoms with Crippen molar-refractivity contribution in [2.75, 3.05) is 17.7 Å². The Balaban J connectivity index is 1.64. The molecule has 0 saturated heterocycles. The number of benzene rings is 2. The fourth-order valence-corrected chi connectivity index (χ4v) is 3.09. The second-order valence-electron chi connectivity index (χ2n) is 5.96. The van der Waals surface area contributed by atoms with Gasteiger partial charge in [-0.2, -0.15) is 5.10 Å². The molecule has 0 radical (unpaired) electrons. The highest BCUT2D eigenvalue weighted by Crippen LogP contribution is 2.25. The number of hydrogen-bond donors (Lipinski definition) is 2. The maximum absolute atomic E-state index is 6.06. The van der Waals surface area contributed by atoms with E-state index in [1.165, 1.54) is 0 Å². The number of nitrogens with zero attached hydrogens (tertiary/aromatic N) is 2. The minimum atomic E-state index is 0.452. The lowest BCUT2D eigenvalue weighted by Gasteiger charge is -2.13. The van der Waals surface area contributed by atoms with Gasteiger partial charge in [0.05, 0.1) is 41.3 Å². The van der Waals surface area contributed by atoms with Gasteiger partial charge >= 0.3 is 0 Å². The van der Waals surface area contributed by atoms with Crippen molar-refractivity contribution in [3.05, 3.63) is 70.0 Å². The SMILES string of the molecule is COc1ccc(C)cc1NC(=S)Nc1cnn(Cc2ccc(Cl)c(Cl)c2)c1. The van der Waals surface area contributed by atoms with Crippen LogP contribution in [0.15, 0.2) is 48.8 Å². The maximum atomic E-state index is 6.06. The predicted octanol–water partition coefficient (Wildman–Crippen LogP) is 5.36. The molecule has 0 amide bonds. The van der Waals surface area contributed by atoms with Crippen LogP contribution in [0.25, 0.3) is 0 Å². The molecule has 5 nitrogen and oxygen atoms in total. The molecule has 0 aliphatic heterocycles. The smallest absolute Gasteiger partial charge is 0.175 e. The summed E-state index contributed by atoms with van der Waals surface area (Å²) in [6.45, 7) is 2.58. The molecule has 0 aliphatic rings. The van der Waals surface area contributed by atoms with Crippen LogP contribution < -0.4 is 15.4 Å². The summed E-state index contributed by atoms with van der Waals surface area (Å²) >= 11 is 17.4. The number of nitrogens with one attached hydrogen (secondary N) is 2. The number of aromatic nitrogens is 2. The molecule has 0 saturated carbocycles. The van der Waals surface area contributed by atoms with E-state index < -0.39 is 0 Å². The van der Waals surface area contributed by atoms with Gasteiger partial charge in [-0.1, -0.05) is 35.3 Å². The number of hydrogen-bond acceptors (Lipinski definition) is 3. The molecular weight excluding hydrogens is 403 g/mol. The highest BCUT2D eigenvalue weighted by atomic mass is 35.5. The first-order valence-corrected chi connectivity index (χ1v) is 9.30. The highest BCUT2D eigenvalue weighted by molar-refractivity contribution is 7.80. The molecule has 3 rings (SSSR count). The zero-order chi connectivity index (χ0) is 19.4. The van der Waals surface area contributed by atoms with Crippen LogP contribution >= 0.6 is 35.4 Å². The Bertz CT molecular complexity index is 974. The van der Waals surface area contributed by atoms with Gasteiger partial charge in [0.1, 0.15) is 5.75 Å². The Labute approximate surface area is 173 Å². The average Bonchev–Trinajstić information content (AvgIpc) is 3.05. The van der Waals surface area contributed by atoms with E-state index in [2.05, 4.69) is 15.7 Å². The molecule has 0 aliphatic carbocycles. The maximum Gasteiger partial charge on any atom is 0.175 e. The van der Waals surface area contributed by atoms with Crippen LogP contribution in [0.1, 0.15) is 11.1 Å². The van der Waals surface area contributed by atoms with Crippen LogP contribution in [0.4, 0.5) is 11.4 Å². The molecule has 0 bridgehead atoms. The van der Waals surface area contributed by atoms with Crippen LogP contribution in [-0.2, 0) is 6.54 Å². The second-order valence-corrected chi connectivity index (χ2v) is 7.18. The van der Waals surface area contributed by atoms with Crippen LogP contribution in [0, 0.1) is 6.92 Å². The standard InChI is InChI=1S/C19H18Cl2N4OS/c1-12-3-6-18(26-2)17(7-12)24-19(27)23-14-9-22-25(11-14)10-13-4-5-15(20)16(21)8-13/h3-9,11H,10H2,1-2H3,(H2,23,24,27). The molecule has 0 fully saturated rings. The molecule has 140 valence electrons. The number of anilines is 2. The Morgan fingerprint density at radius 3 is 2.70 bits per heavy atom. The Kier molecular flexibility index (Phi) is 6.21. The van der Waals surface area contributed by atoms with Gasteiger partial charge in [0.15, 0.2) is 5.11 Å². The summed E-state index contributed by atoms with van der Waals surface area (Å²) in [5, 5.41) is 12.1. The van der Waals surface area contributed by atoms with Crippen molar-refractivity contribution in [3.63, 3.8) is 0 Å². The van der Waals surface area contributed by atoms with Crippen molar-refractivity contribution in [2.45, 2.75) is 13.5 Å². The molecule has 2 N–H and O–H groups in total. The number of aryl methyl sites for hydroxylation is 1. The van der Waals surface area contributed by atoms with Gasteiger partial charge in [-0.05, 0) is 54.5 Å². The van der Waals surface area contributed by atoms with E-state index in [0.29, 0.717) is 21.7 Å². The normalized spacial score (nSPS) is 10.5. The van der Waals surface area contributed by atoms with Gasteiger partial charge in [-0.3, -0.25) is 4.68 Å². The summed E-state index contributed by atoms with van der Waals surface area (Å²) < 4.78 is 7.14. The average molecular weight is 421 g/mol. The monoisotopic (exact) mass is 420 g/mol. The summed E-state index contributed by atoms with van der Waals surface area (Å²) in [6.07, 6.45) is 3.57. The van der Waals surface area contributed by atoms with Crippen molar-refractivity contribution < 1.29 is 4.74 Å². The van der Waals surface area contributed by atoms with E-state index in [1.54, 1.807) is 24.1 Å². The first-order valence-electron chi connectivity index (χ1n) is 8.13. The van der Waals surface area contributed by atoms with Crippen molar-refractivity contribution in [1.29, 1.82) is 0 Å². The van der Waals surface area contributed by atoms with Crippen LogP contribution in [0.3, 0.4) is 0 Å². The van der Waals surface area contributed by atoms with Crippen molar-refractivity contribution in [2.24, 2.45) is 0 Å². The lowest BCUT2D eigenvalue weighted by Crippen LogP contribution is -2.19. The largest absolute Gasteiger partial charge is 0.495 e. The Morgan fingerprint density at radius 2 is 1.96 bits per heavy atom. The summed E-state index contributed by atoms with van der Waals surface area (Å²) in [5.41, 5.74) is 3.69. The quantitative estimate of drug-likeness (QED) is 0.543. The van der Waals surface area contributed by atoms with Crippen molar-refractivity contribution in [1.82, 2.24) is 9.78 Å². The molecule has 1 heterocycles. The zero-order valence-electron chi connectivity index (χ0n) is 14.8. The van der Waals surface area contributed by atoms with E-state index in [4.69, 9.17) is 40.2 Å². The molecule has 0 spiro atoms. The molecule has 0 atom stereocenters. The fraction of sp³-hybridized carbons (Fsp3) is 0.158. The molecule has 8 heteroatoms. The minimum Gasteiger partial charge on any atom is -0.495 e. The van der Waals surface area contributed by atoms with Gasteiger partial charge in [0.25, 0.3) is 0 Å². The molecule has 1 aromatic heterocycles. The second kappa shape index (κ2) is 8.61. The molecular formula is C19H18Cl2N4OS. The van der Waals surface area contributed by atoms with Crippen LogP contribution in [0.5, 0.6) is 5.75 Å². The number of methoxy groups -OCH3 is 1. The van der Waals surface area contributed by atoms with Crippen molar-refractivity contribution >= 4 is 51.9 Å². The Hall–Kier alpha value is -2.28. The first-order chi connectivity index (χ1) is 12.9. The third-order valence-corrected chi connectivity index (χ3v) is 4.77. The van der Waals surface area contributed by atoms with Gasteiger partial charge in [-0.15, -0.1) is 0 Å². The summed E-state index contributed by atoms with van der Waals surface area (Å²) in [7, 11) is 1.62. The number of ether oxygens (including phenoxy) is 1. The van der Waals surface area contributed by atoms with E-state index >= 15 is 0 Å². The topological polar surface area (TPSA) is 51.1 Å². The first kappa shape index (κ1) is 19.5. The van der Waals surface area contributed by atoms with E-state index in [0.717, 1.165) is 28.3 Å². The van der Waals surface area contributed by atoms with E-state index in [9.17, 15) is 0 Å². The number of halogens is 2. The molecule has 0 unspecified atom stereocenters. The van der Waals surface area contributed by atoms with Crippen LogP contribution in [-0.4, -0.2) is 22.0 Å². The highest BCUT2D eigenvalue weighted by Gasteiger charge is 2.07. The molecule has 27 heavy (non-hydrogen) atoms. The third-order valence-electron chi connectivity index (χ3n) is 3.82. The minimum absolute atomic E-state index is 0.452. The summed E-state index contributed by atoms with van der Waals surface area (Å²) in [5.74, 6) is 0.722. The van der Waals surface area contributed by atoms with Gasteiger partial charge in [0.2, 0.25) is 0 Å². The summed E-state index contributed by atoms with van der Waals surface area (Å²) in [6, 6.07) is 11.4. The molecule has 2 aromatic carbocycles. The zero-order valence-corrected chi connectivity index (χ0v) is 17.1. The van der Waals surface area contributed by atoms with Gasteiger partial charge < -0.3 is 15.4 Å². The van der Waals surface area contributed by atoms with Crippen molar-refractivity contribution in [3.8, 4) is 5.75 Å². The molecule has 3 aromatic rings. The fourth-order valence-electron chi connectivity index (χ4n) is 2.54. The van der Waals surface area contributed by atoms with Gasteiger partial charge in [-0.25, -0.2) is 0 Å². The van der Waals surface area contributed by atoms with Gasteiger partial charge in [0, 0.05) is 6.20 Å². The lowest BCUT2D eigenvalue weighted by atomic mass is 10.2. The predicted molar refractivity (Wildman–Crippen MR) is 115 cm³/mol. The Morgan fingerprint density at radius 1 is 1.15 bits per heavy atom.